The van der Waals surface area contributed by atoms with Gasteiger partial charge < -0.3 is 24.7 Å². The van der Waals surface area contributed by atoms with Crippen LogP contribution in [0.2, 0.25) is 0 Å². The number of aromatic amines is 1. The number of benzene rings is 2. The number of nitrogens with zero attached hydrogens (tertiary/aromatic N) is 3. The number of rotatable bonds is 8. The topological polar surface area (TPSA) is 92.4 Å². The number of fused-ring (bicyclic) bond motifs is 1. The van der Waals surface area contributed by atoms with Gasteiger partial charge in [-0.05, 0) is 18.2 Å². The third-order valence-corrected chi connectivity index (χ3v) is 6.79. The van der Waals surface area contributed by atoms with Crippen LogP contribution in [0.4, 0.5) is 5.13 Å². The number of hydrogen-bond donors (Lipinski definition) is 2. The summed E-state index contributed by atoms with van der Waals surface area (Å²) in [4.78, 5) is 29.4. The first kappa shape index (κ1) is 23.2. The fourth-order valence-corrected chi connectivity index (χ4v) is 5.01. The summed E-state index contributed by atoms with van der Waals surface area (Å²) >= 11 is 1.57. The first-order valence-electron chi connectivity index (χ1n) is 11.6. The molecule has 8 nitrogen and oxygen atoms in total. The van der Waals surface area contributed by atoms with E-state index in [0.29, 0.717) is 37.8 Å². The highest BCUT2D eigenvalue weighted by molar-refractivity contribution is 7.17. The van der Waals surface area contributed by atoms with E-state index in [0.717, 1.165) is 45.4 Å². The first-order chi connectivity index (χ1) is 17.2. The minimum atomic E-state index is -0.221. The summed E-state index contributed by atoms with van der Waals surface area (Å²) in [5.74, 6) is 0.294. The number of morpholine rings is 1. The third-order valence-electron chi connectivity index (χ3n) is 5.73. The lowest BCUT2D eigenvalue weighted by Gasteiger charge is -2.26. The third kappa shape index (κ3) is 5.27. The molecule has 0 unspecified atom stereocenters. The van der Waals surface area contributed by atoms with E-state index in [4.69, 9.17) is 19.4 Å². The number of imidazole rings is 1. The van der Waals surface area contributed by atoms with Crippen LogP contribution in [0.3, 0.4) is 0 Å². The zero-order chi connectivity index (χ0) is 24.0. The molecule has 0 radical (unpaired) electrons. The summed E-state index contributed by atoms with van der Waals surface area (Å²) in [5.41, 5.74) is 3.97. The zero-order valence-corrected chi connectivity index (χ0v) is 20.3. The Morgan fingerprint density at radius 2 is 1.91 bits per heavy atom. The summed E-state index contributed by atoms with van der Waals surface area (Å²) < 4.78 is 10.6. The number of anilines is 1. The first-order valence-corrected chi connectivity index (χ1v) is 12.4. The molecule has 5 rings (SSSR count). The molecule has 9 heteroatoms. The van der Waals surface area contributed by atoms with Gasteiger partial charge in [0.25, 0.3) is 5.91 Å². The van der Waals surface area contributed by atoms with Gasteiger partial charge in [-0.2, -0.15) is 0 Å². The number of methoxy groups -OCH3 is 1. The van der Waals surface area contributed by atoms with Gasteiger partial charge in [0, 0.05) is 32.3 Å². The van der Waals surface area contributed by atoms with Gasteiger partial charge in [0.05, 0.1) is 47.0 Å². The van der Waals surface area contributed by atoms with Crippen molar-refractivity contribution in [2.24, 2.45) is 0 Å². The lowest BCUT2D eigenvalue weighted by Crippen LogP contribution is -2.36. The maximum absolute atomic E-state index is 13.3. The Morgan fingerprint density at radius 1 is 1.14 bits per heavy atom. The average Bonchev–Trinajstić information content (AvgIpc) is 3.53. The standard InChI is InChI=1S/C26H27N5O3S/c1-33-14-11-27-25(32)19(24-28-20-9-5-6-10-21(20)29-24)17-22-23(18-7-3-2-4-8-18)30-26(35-22)31-12-15-34-16-13-31/h2-10,17H,11-16H2,1H3,(H,27,32)(H,28,29). The summed E-state index contributed by atoms with van der Waals surface area (Å²) in [6.07, 6.45) is 1.89. The molecule has 0 spiro atoms. The minimum Gasteiger partial charge on any atom is -0.383 e. The molecular formula is C26H27N5O3S. The SMILES string of the molecule is COCCNC(=O)C(=Cc1sc(N2CCOCC2)nc1-c1ccccc1)c1nc2ccccc2[nH]1. The van der Waals surface area contributed by atoms with Crippen molar-refractivity contribution < 1.29 is 14.3 Å². The van der Waals surface area contributed by atoms with Gasteiger partial charge in [-0.25, -0.2) is 9.97 Å². The Morgan fingerprint density at radius 3 is 2.69 bits per heavy atom. The van der Waals surface area contributed by atoms with E-state index in [1.165, 1.54) is 0 Å². The van der Waals surface area contributed by atoms with E-state index < -0.39 is 0 Å². The maximum atomic E-state index is 13.3. The molecule has 180 valence electrons. The minimum absolute atomic E-state index is 0.221. The number of aromatic nitrogens is 3. The van der Waals surface area contributed by atoms with Gasteiger partial charge in [0.1, 0.15) is 5.82 Å². The second-order valence-electron chi connectivity index (χ2n) is 8.08. The van der Waals surface area contributed by atoms with Gasteiger partial charge in [0.15, 0.2) is 5.13 Å². The number of hydrogen-bond acceptors (Lipinski definition) is 7. The van der Waals surface area contributed by atoms with E-state index in [2.05, 4.69) is 15.2 Å². The summed E-state index contributed by atoms with van der Waals surface area (Å²) in [7, 11) is 1.61. The number of carbonyl (C=O) groups is 1. The van der Waals surface area contributed by atoms with Gasteiger partial charge in [-0.1, -0.05) is 53.8 Å². The number of thiazole rings is 1. The summed E-state index contributed by atoms with van der Waals surface area (Å²) in [5, 5.41) is 3.86. The van der Waals surface area contributed by atoms with E-state index in [-0.39, 0.29) is 5.91 Å². The van der Waals surface area contributed by atoms with Crippen molar-refractivity contribution in [3.05, 3.63) is 65.3 Å². The van der Waals surface area contributed by atoms with Crippen LogP contribution >= 0.6 is 11.3 Å². The predicted molar refractivity (Wildman–Crippen MR) is 139 cm³/mol. The lowest BCUT2D eigenvalue weighted by molar-refractivity contribution is -0.115. The lowest BCUT2D eigenvalue weighted by atomic mass is 10.1. The predicted octanol–water partition coefficient (Wildman–Crippen LogP) is 3.83. The number of para-hydroxylation sites is 2. The molecule has 1 amide bonds. The molecule has 2 aromatic carbocycles. The number of amides is 1. The van der Waals surface area contributed by atoms with Crippen molar-refractivity contribution in [1.82, 2.24) is 20.3 Å². The molecule has 0 saturated carbocycles. The van der Waals surface area contributed by atoms with E-state index in [9.17, 15) is 4.79 Å². The zero-order valence-electron chi connectivity index (χ0n) is 19.5. The number of nitrogens with one attached hydrogen (secondary N) is 2. The van der Waals surface area contributed by atoms with E-state index >= 15 is 0 Å². The molecule has 1 aliphatic heterocycles. The van der Waals surface area contributed by atoms with Crippen molar-refractivity contribution in [2.45, 2.75) is 0 Å². The Kier molecular flexibility index (Phi) is 7.17. The van der Waals surface area contributed by atoms with Gasteiger partial charge in [0.2, 0.25) is 0 Å². The Balaban J connectivity index is 1.60. The maximum Gasteiger partial charge on any atom is 0.255 e. The van der Waals surface area contributed by atoms with Crippen LogP contribution in [0.5, 0.6) is 0 Å². The monoisotopic (exact) mass is 489 g/mol. The average molecular weight is 490 g/mol. The number of carbonyl (C=O) groups excluding carboxylic acids is 1. The van der Waals surface area contributed by atoms with Crippen molar-refractivity contribution in [1.29, 1.82) is 0 Å². The number of ether oxygens (including phenoxy) is 2. The van der Waals surface area contributed by atoms with Crippen LogP contribution in [0.25, 0.3) is 33.9 Å². The van der Waals surface area contributed by atoms with Crippen LogP contribution in [0, 0.1) is 0 Å². The van der Waals surface area contributed by atoms with Crippen LogP contribution in [-0.4, -0.2) is 67.4 Å². The highest BCUT2D eigenvalue weighted by Gasteiger charge is 2.22. The molecule has 1 aliphatic rings. The second kappa shape index (κ2) is 10.8. The van der Waals surface area contributed by atoms with Gasteiger partial charge >= 0.3 is 0 Å². The van der Waals surface area contributed by atoms with Crippen molar-refractivity contribution in [3.63, 3.8) is 0 Å². The van der Waals surface area contributed by atoms with Crippen molar-refractivity contribution in [3.8, 4) is 11.3 Å². The molecule has 4 aromatic rings. The van der Waals surface area contributed by atoms with Crippen molar-refractivity contribution in [2.75, 3.05) is 51.5 Å². The van der Waals surface area contributed by atoms with Gasteiger partial charge in [-0.3, -0.25) is 4.79 Å². The molecule has 2 aromatic heterocycles. The molecule has 3 heterocycles. The Hall–Kier alpha value is -3.53. The normalized spacial score (nSPS) is 14.4. The van der Waals surface area contributed by atoms with E-state index in [1.807, 2.05) is 60.7 Å². The van der Waals surface area contributed by atoms with Crippen LogP contribution in [0.1, 0.15) is 10.7 Å². The molecule has 0 aliphatic carbocycles. The fourth-order valence-electron chi connectivity index (χ4n) is 3.93. The van der Waals surface area contributed by atoms with E-state index in [1.54, 1.807) is 18.4 Å². The molecule has 0 bridgehead atoms. The number of H-pyrrole nitrogens is 1. The summed E-state index contributed by atoms with van der Waals surface area (Å²) in [6.45, 7) is 3.77. The molecule has 2 N–H and O–H groups in total. The smallest absolute Gasteiger partial charge is 0.255 e. The quantitative estimate of drug-likeness (QED) is 0.289. The second-order valence-corrected chi connectivity index (χ2v) is 9.09. The molecular weight excluding hydrogens is 462 g/mol. The molecule has 1 fully saturated rings. The van der Waals surface area contributed by atoms with Crippen LogP contribution < -0.4 is 10.2 Å². The van der Waals surface area contributed by atoms with Crippen LogP contribution in [-0.2, 0) is 14.3 Å². The molecule has 0 atom stereocenters. The largest absolute Gasteiger partial charge is 0.383 e. The Bertz CT molecular complexity index is 1290. The molecule has 35 heavy (non-hydrogen) atoms. The van der Waals surface area contributed by atoms with Crippen molar-refractivity contribution >= 4 is 45.1 Å². The Labute approximate surface area is 207 Å². The van der Waals surface area contributed by atoms with Gasteiger partial charge in [-0.15, -0.1) is 0 Å². The fraction of sp³-hybridized carbons (Fsp3) is 0.269. The summed E-state index contributed by atoms with van der Waals surface area (Å²) in [6, 6.07) is 17.8. The highest BCUT2D eigenvalue weighted by Crippen LogP contribution is 2.36. The highest BCUT2D eigenvalue weighted by atomic mass is 32.1. The van der Waals surface area contributed by atoms with Crippen LogP contribution in [0.15, 0.2) is 54.6 Å². The molecule has 1 saturated heterocycles.